The maximum absolute atomic E-state index is 12.8. The summed E-state index contributed by atoms with van der Waals surface area (Å²) < 4.78 is 38.4. The number of carbonyl (C=O) groups is 1. The predicted octanol–water partition coefficient (Wildman–Crippen LogP) is 3.48. The fraction of sp³-hybridized carbons (Fsp3) is 0.467. The third-order valence-corrected chi connectivity index (χ3v) is 5.24. The largest absolute Gasteiger partial charge is 0.433 e. The highest BCUT2D eigenvalue weighted by atomic mass is 35.5. The van der Waals surface area contributed by atoms with Crippen LogP contribution in [0.15, 0.2) is 12.1 Å². The Balaban J connectivity index is 0.00000208. The number of nitrogens with zero attached hydrogens (tertiary/aromatic N) is 2. The molecular weight excluding hydrogens is 363 g/mol. The third-order valence-electron chi connectivity index (χ3n) is 4.05. The summed E-state index contributed by atoms with van der Waals surface area (Å²) in [6, 6.07) is 2.41. The van der Waals surface area contributed by atoms with Crippen molar-refractivity contribution in [3.63, 3.8) is 0 Å². The van der Waals surface area contributed by atoms with Gasteiger partial charge in [-0.25, -0.2) is 4.98 Å². The zero-order valence-electron chi connectivity index (χ0n) is 13.1. The molecule has 1 atom stereocenters. The van der Waals surface area contributed by atoms with Crippen molar-refractivity contribution in [1.82, 2.24) is 15.2 Å². The number of hydrogen-bond acceptors (Lipinski definition) is 4. The Bertz CT molecular complexity index is 762. The minimum atomic E-state index is -4.48. The molecule has 132 valence electrons. The molecule has 2 aromatic heterocycles. The maximum Gasteiger partial charge on any atom is 0.433 e. The van der Waals surface area contributed by atoms with Crippen LogP contribution in [0.3, 0.4) is 0 Å². The van der Waals surface area contributed by atoms with Gasteiger partial charge in [-0.1, -0.05) is 0 Å². The quantitative estimate of drug-likeness (QED) is 0.825. The average Bonchev–Trinajstić information content (AvgIpc) is 2.83. The van der Waals surface area contributed by atoms with Gasteiger partial charge in [-0.15, -0.1) is 23.7 Å². The maximum atomic E-state index is 12.8. The highest BCUT2D eigenvalue weighted by Crippen LogP contribution is 2.34. The van der Waals surface area contributed by atoms with Crippen LogP contribution in [0.4, 0.5) is 13.2 Å². The van der Waals surface area contributed by atoms with Gasteiger partial charge in [0.1, 0.15) is 10.5 Å². The van der Waals surface area contributed by atoms with Crippen molar-refractivity contribution >= 4 is 39.9 Å². The van der Waals surface area contributed by atoms with E-state index >= 15 is 0 Å². The van der Waals surface area contributed by atoms with Crippen LogP contribution in [0, 0.1) is 6.92 Å². The summed E-state index contributed by atoms with van der Waals surface area (Å²) in [5.41, 5.74) is -0.234. The fourth-order valence-electron chi connectivity index (χ4n) is 2.73. The standard InChI is InChI=1S/C15H16F3N3OS.ClH/c1-8-7-19-5-6-21(8)14(22)12-9(2)10-3-4-11(15(16,17)18)20-13(10)23-12;/h3-4,8,19H,5-7H2,1-2H3;1H/t8-;/m1./s1. The van der Waals surface area contributed by atoms with Gasteiger partial charge in [-0.05, 0) is 31.5 Å². The minimum Gasteiger partial charge on any atom is -0.333 e. The van der Waals surface area contributed by atoms with Crippen LogP contribution in [-0.2, 0) is 6.18 Å². The molecule has 0 unspecified atom stereocenters. The molecule has 4 nitrogen and oxygen atoms in total. The van der Waals surface area contributed by atoms with E-state index in [2.05, 4.69) is 10.3 Å². The average molecular weight is 380 g/mol. The van der Waals surface area contributed by atoms with E-state index in [0.29, 0.717) is 28.9 Å². The Morgan fingerprint density at radius 1 is 1.42 bits per heavy atom. The van der Waals surface area contributed by atoms with E-state index < -0.39 is 11.9 Å². The molecule has 3 rings (SSSR count). The van der Waals surface area contributed by atoms with Gasteiger partial charge >= 0.3 is 6.18 Å². The summed E-state index contributed by atoms with van der Waals surface area (Å²) >= 11 is 1.04. The van der Waals surface area contributed by atoms with Crippen LogP contribution in [0.25, 0.3) is 10.2 Å². The van der Waals surface area contributed by atoms with Gasteiger partial charge in [0, 0.05) is 31.1 Å². The second-order valence-electron chi connectivity index (χ2n) is 5.65. The Morgan fingerprint density at radius 3 is 2.75 bits per heavy atom. The second-order valence-corrected chi connectivity index (χ2v) is 6.65. The molecule has 0 aromatic carbocycles. The monoisotopic (exact) mass is 379 g/mol. The van der Waals surface area contributed by atoms with E-state index in [9.17, 15) is 18.0 Å². The van der Waals surface area contributed by atoms with Crippen molar-refractivity contribution in [2.75, 3.05) is 19.6 Å². The molecule has 24 heavy (non-hydrogen) atoms. The molecule has 1 amide bonds. The Morgan fingerprint density at radius 2 is 2.12 bits per heavy atom. The zero-order valence-corrected chi connectivity index (χ0v) is 14.7. The number of carbonyl (C=O) groups excluding carboxylic acids is 1. The van der Waals surface area contributed by atoms with Gasteiger partial charge < -0.3 is 10.2 Å². The van der Waals surface area contributed by atoms with Crippen LogP contribution in [0.1, 0.15) is 27.9 Å². The van der Waals surface area contributed by atoms with Crippen molar-refractivity contribution < 1.29 is 18.0 Å². The normalized spacial score (nSPS) is 18.5. The molecule has 0 saturated carbocycles. The number of hydrogen-bond donors (Lipinski definition) is 1. The summed E-state index contributed by atoms with van der Waals surface area (Å²) in [4.78, 5) is 18.9. The number of aromatic nitrogens is 1. The molecule has 1 saturated heterocycles. The number of amides is 1. The Kier molecular flexibility index (Phi) is 5.41. The van der Waals surface area contributed by atoms with Crippen LogP contribution in [0.5, 0.6) is 0 Å². The Hall–Kier alpha value is -1.38. The molecule has 9 heteroatoms. The molecule has 0 aliphatic carbocycles. The van der Waals surface area contributed by atoms with Gasteiger partial charge in [-0.2, -0.15) is 13.2 Å². The summed E-state index contributed by atoms with van der Waals surface area (Å²) in [5, 5.41) is 3.81. The van der Waals surface area contributed by atoms with Crippen molar-refractivity contribution in [1.29, 1.82) is 0 Å². The van der Waals surface area contributed by atoms with Gasteiger partial charge in [-0.3, -0.25) is 4.79 Å². The number of alkyl halides is 3. The lowest BCUT2D eigenvalue weighted by atomic mass is 10.1. The van der Waals surface area contributed by atoms with E-state index in [-0.39, 0.29) is 29.2 Å². The lowest BCUT2D eigenvalue weighted by molar-refractivity contribution is -0.140. The summed E-state index contributed by atoms with van der Waals surface area (Å²) in [7, 11) is 0. The van der Waals surface area contributed by atoms with Crippen LogP contribution in [-0.4, -0.2) is 41.5 Å². The van der Waals surface area contributed by atoms with E-state index in [1.165, 1.54) is 6.07 Å². The van der Waals surface area contributed by atoms with Crippen LogP contribution in [0.2, 0.25) is 0 Å². The smallest absolute Gasteiger partial charge is 0.333 e. The topological polar surface area (TPSA) is 45.2 Å². The Labute approximate surface area is 147 Å². The predicted molar refractivity (Wildman–Crippen MR) is 90.0 cm³/mol. The molecule has 1 N–H and O–H groups in total. The van der Waals surface area contributed by atoms with E-state index in [1.54, 1.807) is 11.8 Å². The van der Waals surface area contributed by atoms with Gasteiger partial charge in [0.25, 0.3) is 5.91 Å². The molecule has 2 aromatic rings. The SMILES string of the molecule is Cc1c(C(=O)N2CCNC[C@H]2C)sc2nc(C(F)(F)F)ccc12.Cl. The number of fused-ring (bicyclic) bond motifs is 1. The van der Waals surface area contributed by atoms with Crippen molar-refractivity contribution in [2.24, 2.45) is 0 Å². The van der Waals surface area contributed by atoms with Crippen molar-refractivity contribution in [3.05, 3.63) is 28.3 Å². The summed E-state index contributed by atoms with van der Waals surface area (Å²) in [6.07, 6.45) is -4.48. The van der Waals surface area contributed by atoms with Gasteiger partial charge in [0.15, 0.2) is 0 Å². The highest BCUT2D eigenvalue weighted by molar-refractivity contribution is 7.20. The molecule has 0 spiro atoms. The van der Waals surface area contributed by atoms with Gasteiger partial charge in [0.2, 0.25) is 0 Å². The number of piperazine rings is 1. The summed E-state index contributed by atoms with van der Waals surface area (Å²) in [6.45, 7) is 5.73. The first-order chi connectivity index (χ1) is 10.8. The summed E-state index contributed by atoms with van der Waals surface area (Å²) in [5.74, 6) is -0.131. The second kappa shape index (κ2) is 6.85. The van der Waals surface area contributed by atoms with Crippen LogP contribution >= 0.6 is 23.7 Å². The molecule has 0 radical (unpaired) electrons. The zero-order chi connectivity index (χ0) is 16.8. The molecule has 3 heterocycles. The van der Waals surface area contributed by atoms with Crippen LogP contribution < -0.4 is 5.32 Å². The number of aryl methyl sites for hydroxylation is 1. The van der Waals surface area contributed by atoms with E-state index in [1.807, 2.05) is 6.92 Å². The molecular formula is C15H17ClF3N3OS. The number of rotatable bonds is 1. The molecule has 1 fully saturated rings. The lowest BCUT2D eigenvalue weighted by Gasteiger charge is -2.33. The first kappa shape index (κ1) is 19.0. The number of pyridine rings is 1. The van der Waals surface area contributed by atoms with E-state index in [4.69, 9.17) is 0 Å². The van der Waals surface area contributed by atoms with Crippen molar-refractivity contribution in [2.45, 2.75) is 26.1 Å². The first-order valence-electron chi connectivity index (χ1n) is 7.28. The number of thiophene rings is 1. The fourth-order valence-corrected chi connectivity index (χ4v) is 3.87. The highest BCUT2D eigenvalue weighted by Gasteiger charge is 2.33. The van der Waals surface area contributed by atoms with Crippen molar-refractivity contribution in [3.8, 4) is 0 Å². The number of nitrogens with one attached hydrogen (secondary N) is 1. The number of halogens is 4. The first-order valence-corrected chi connectivity index (χ1v) is 8.09. The minimum absolute atomic E-state index is 0. The molecule has 1 aliphatic heterocycles. The third kappa shape index (κ3) is 3.36. The van der Waals surface area contributed by atoms with E-state index in [0.717, 1.165) is 23.9 Å². The van der Waals surface area contributed by atoms with Gasteiger partial charge in [0.05, 0.1) is 4.88 Å². The molecule has 1 aliphatic rings. The molecule has 0 bridgehead atoms. The lowest BCUT2D eigenvalue weighted by Crippen LogP contribution is -2.52.